The number of ether oxygens (including phenoxy) is 1. The van der Waals surface area contributed by atoms with Crippen molar-refractivity contribution in [2.75, 3.05) is 0 Å². The van der Waals surface area contributed by atoms with Crippen molar-refractivity contribution in [3.8, 4) is 0 Å². The van der Waals surface area contributed by atoms with Crippen LogP contribution in [0.1, 0.15) is 69.9 Å². The Morgan fingerprint density at radius 2 is 1.70 bits per heavy atom. The Labute approximate surface area is 142 Å². The standard InChI is InChI=1S/C21H34O2/c1-4-6-7-8-9-11-21(23-18(3)22)17-16-20-14-12-19(10-5-2)13-15-20/h5,12-15,18,21-22H,2,4,6-11,16-17H2,1,3H3. The van der Waals surface area contributed by atoms with Crippen molar-refractivity contribution in [2.24, 2.45) is 0 Å². The smallest absolute Gasteiger partial charge is 0.152 e. The summed E-state index contributed by atoms with van der Waals surface area (Å²) in [7, 11) is 0. The summed E-state index contributed by atoms with van der Waals surface area (Å²) >= 11 is 0. The maximum atomic E-state index is 9.52. The monoisotopic (exact) mass is 318 g/mol. The summed E-state index contributed by atoms with van der Waals surface area (Å²) in [6.07, 6.45) is 11.7. The van der Waals surface area contributed by atoms with E-state index in [0.29, 0.717) is 0 Å². The van der Waals surface area contributed by atoms with Gasteiger partial charge in [0.2, 0.25) is 0 Å². The van der Waals surface area contributed by atoms with Crippen LogP contribution in [-0.4, -0.2) is 17.5 Å². The molecule has 2 heteroatoms. The van der Waals surface area contributed by atoms with Gasteiger partial charge in [0, 0.05) is 0 Å². The van der Waals surface area contributed by atoms with Crippen LogP contribution in [-0.2, 0) is 17.6 Å². The first-order chi connectivity index (χ1) is 11.2. The second-order valence-corrected chi connectivity index (χ2v) is 6.41. The first kappa shape index (κ1) is 19.9. The minimum Gasteiger partial charge on any atom is -0.368 e. The molecule has 1 rings (SSSR count). The lowest BCUT2D eigenvalue weighted by Crippen LogP contribution is -2.20. The average Bonchev–Trinajstić information content (AvgIpc) is 2.53. The lowest BCUT2D eigenvalue weighted by molar-refractivity contribution is -0.127. The number of hydrogen-bond acceptors (Lipinski definition) is 2. The number of benzene rings is 1. The molecule has 0 fully saturated rings. The molecule has 0 saturated carbocycles. The first-order valence-electron chi connectivity index (χ1n) is 9.18. The molecule has 1 N–H and O–H groups in total. The maximum Gasteiger partial charge on any atom is 0.152 e. The molecule has 0 heterocycles. The van der Waals surface area contributed by atoms with E-state index in [1.165, 1.54) is 43.2 Å². The minimum atomic E-state index is -0.675. The summed E-state index contributed by atoms with van der Waals surface area (Å²) in [5.74, 6) is 0. The molecule has 0 spiro atoms. The summed E-state index contributed by atoms with van der Waals surface area (Å²) in [5, 5.41) is 9.52. The number of hydrogen-bond donors (Lipinski definition) is 1. The van der Waals surface area contributed by atoms with E-state index in [1.54, 1.807) is 6.92 Å². The molecule has 2 atom stereocenters. The largest absolute Gasteiger partial charge is 0.368 e. The van der Waals surface area contributed by atoms with E-state index in [9.17, 15) is 5.11 Å². The second-order valence-electron chi connectivity index (χ2n) is 6.41. The summed E-state index contributed by atoms with van der Waals surface area (Å²) in [5.41, 5.74) is 2.64. The predicted octanol–water partition coefficient (Wildman–Crippen LogP) is 5.43. The molecule has 1 aromatic rings. The Kier molecular flexibility index (Phi) is 10.7. The Bertz CT molecular complexity index is 408. The van der Waals surface area contributed by atoms with Crippen LogP contribution in [0.25, 0.3) is 0 Å². The van der Waals surface area contributed by atoms with E-state index in [0.717, 1.165) is 25.7 Å². The van der Waals surface area contributed by atoms with Crippen LogP contribution < -0.4 is 0 Å². The maximum absolute atomic E-state index is 9.52. The van der Waals surface area contributed by atoms with Crippen LogP contribution in [0.3, 0.4) is 0 Å². The fraction of sp³-hybridized carbons (Fsp3) is 0.619. The van der Waals surface area contributed by atoms with Gasteiger partial charge >= 0.3 is 0 Å². The van der Waals surface area contributed by atoms with Crippen molar-refractivity contribution >= 4 is 0 Å². The van der Waals surface area contributed by atoms with Crippen molar-refractivity contribution in [1.82, 2.24) is 0 Å². The fourth-order valence-electron chi connectivity index (χ4n) is 2.87. The summed E-state index contributed by atoms with van der Waals surface area (Å²) in [6, 6.07) is 8.73. The number of allylic oxidation sites excluding steroid dienone is 1. The Morgan fingerprint density at radius 1 is 1.04 bits per heavy atom. The molecular weight excluding hydrogens is 284 g/mol. The molecule has 0 radical (unpaired) electrons. The van der Waals surface area contributed by atoms with Crippen LogP contribution >= 0.6 is 0 Å². The number of aliphatic hydroxyl groups excluding tert-OH is 1. The van der Waals surface area contributed by atoms with Gasteiger partial charge in [-0.1, -0.05) is 69.4 Å². The van der Waals surface area contributed by atoms with Gasteiger partial charge in [0.15, 0.2) is 6.29 Å². The van der Waals surface area contributed by atoms with Gasteiger partial charge in [0.05, 0.1) is 6.10 Å². The highest BCUT2D eigenvalue weighted by atomic mass is 16.6. The normalized spacial score (nSPS) is 13.7. The van der Waals surface area contributed by atoms with Gasteiger partial charge in [0.25, 0.3) is 0 Å². The molecule has 2 unspecified atom stereocenters. The summed E-state index contributed by atoms with van der Waals surface area (Å²) < 4.78 is 5.68. The molecule has 0 bridgehead atoms. The van der Waals surface area contributed by atoms with Crippen molar-refractivity contribution in [3.05, 3.63) is 48.0 Å². The molecule has 0 aliphatic carbocycles. The topological polar surface area (TPSA) is 29.5 Å². The van der Waals surface area contributed by atoms with Gasteiger partial charge in [-0.15, -0.1) is 6.58 Å². The highest BCUT2D eigenvalue weighted by Crippen LogP contribution is 2.16. The third-order valence-corrected chi connectivity index (χ3v) is 4.18. The average molecular weight is 319 g/mol. The highest BCUT2D eigenvalue weighted by molar-refractivity contribution is 5.24. The van der Waals surface area contributed by atoms with Crippen LogP contribution in [0.15, 0.2) is 36.9 Å². The zero-order valence-corrected chi connectivity index (χ0v) is 15.0. The molecule has 0 aliphatic rings. The van der Waals surface area contributed by atoms with Gasteiger partial charge in [0.1, 0.15) is 0 Å². The van der Waals surface area contributed by atoms with Gasteiger partial charge in [-0.2, -0.15) is 0 Å². The fourth-order valence-corrected chi connectivity index (χ4v) is 2.87. The summed E-state index contributed by atoms with van der Waals surface area (Å²) in [4.78, 5) is 0. The molecule has 23 heavy (non-hydrogen) atoms. The second kappa shape index (κ2) is 12.3. The van der Waals surface area contributed by atoms with E-state index in [2.05, 4.69) is 37.8 Å². The van der Waals surface area contributed by atoms with Crippen molar-refractivity contribution in [2.45, 2.75) is 84.0 Å². The van der Waals surface area contributed by atoms with Gasteiger partial charge in [-0.25, -0.2) is 0 Å². The molecule has 1 aromatic carbocycles. The quantitative estimate of drug-likeness (QED) is 0.298. The van der Waals surface area contributed by atoms with E-state index in [-0.39, 0.29) is 6.10 Å². The predicted molar refractivity (Wildman–Crippen MR) is 98.6 cm³/mol. The number of aliphatic hydroxyl groups is 1. The summed E-state index contributed by atoms with van der Waals surface area (Å²) in [6.45, 7) is 7.71. The van der Waals surface area contributed by atoms with E-state index >= 15 is 0 Å². The molecule has 2 nitrogen and oxygen atoms in total. The lowest BCUT2D eigenvalue weighted by atomic mass is 10.0. The Morgan fingerprint density at radius 3 is 2.30 bits per heavy atom. The number of rotatable bonds is 13. The van der Waals surface area contributed by atoms with Crippen LogP contribution in [0, 0.1) is 0 Å². The van der Waals surface area contributed by atoms with Crippen molar-refractivity contribution in [1.29, 1.82) is 0 Å². The van der Waals surface area contributed by atoms with Crippen molar-refractivity contribution < 1.29 is 9.84 Å². The Balaban J connectivity index is 2.38. The number of unbranched alkanes of at least 4 members (excludes halogenated alkanes) is 4. The van der Waals surface area contributed by atoms with Crippen LogP contribution in [0.4, 0.5) is 0 Å². The third kappa shape index (κ3) is 9.58. The van der Waals surface area contributed by atoms with Gasteiger partial charge in [-0.3, -0.25) is 0 Å². The van der Waals surface area contributed by atoms with E-state index in [4.69, 9.17) is 4.74 Å². The lowest BCUT2D eigenvalue weighted by Gasteiger charge is -2.20. The SMILES string of the molecule is C=CCc1ccc(CCC(CCCCCCC)OC(C)O)cc1. The molecule has 0 aliphatic heterocycles. The number of aryl methyl sites for hydroxylation is 1. The first-order valence-corrected chi connectivity index (χ1v) is 9.18. The van der Waals surface area contributed by atoms with E-state index < -0.39 is 6.29 Å². The molecule has 0 saturated heterocycles. The molecular formula is C21H34O2. The zero-order valence-electron chi connectivity index (χ0n) is 15.0. The van der Waals surface area contributed by atoms with Crippen molar-refractivity contribution in [3.63, 3.8) is 0 Å². The van der Waals surface area contributed by atoms with E-state index in [1.807, 2.05) is 6.08 Å². The third-order valence-electron chi connectivity index (χ3n) is 4.18. The molecule has 0 amide bonds. The molecule has 130 valence electrons. The van der Waals surface area contributed by atoms with Crippen LogP contribution in [0.2, 0.25) is 0 Å². The highest BCUT2D eigenvalue weighted by Gasteiger charge is 2.12. The van der Waals surface area contributed by atoms with Gasteiger partial charge in [-0.05, 0) is 43.7 Å². The Hall–Kier alpha value is -1.12. The van der Waals surface area contributed by atoms with Crippen LogP contribution in [0.5, 0.6) is 0 Å². The van der Waals surface area contributed by atoms with Gasteiger partial charge < -0.3 is 9.84 Å². The minimum absolute atomic E-state index is 0.157. The zero-order chi connectivity index (χ0) is 16.9. The molecule has 0 aromatic heterocycles.